The molecule has 0 aliphatic carbocycles. The second kappa shape index (κ2) is 7.46. The molecule has 0 fully saturated rings. The Morgan fingerprint density at radius 3 is 2.68 bits per heavy atom. The Hall–Kier alpha value is -2.70. The van der Waals surface area contributed by atoms with Crippen molar-refractivity contribution < 1.29 is 22.7 Å². The van der Waals surface area contributed by atoms with E-state index in [9.17, 15) is 18.0 Å². The van der Waals surface area contributed by atoms with Crippen LogP contribution in [0, 0.1) is 18.3 Å². The zero-order chi connectivity index (χ0) is 18.6. The zero-order valence-electron chi connectivity index (χ0n) is 13.4. The molecule has 1 aromatic heterocycles. The number of aryl methyl sites for hydroxylation is 1. The predicted molar refractivity (Wildman–Crippen MR) is 92.2 cm³/mol. The average Bonchev–Trinajstić information content (AvgIpc) is 2.99. The van der Waals surface area contributed by atoms with Crippen LogP contribution in [0.3, 0.4) is 0 Å². The Morgan fingerprint density at radius 1 is 1.32 bits per heavy atom. The topological polar surface area (TPSA) is 113 Å². The first kappa shape index (κ1) is 18.6. The van der Waals surface area contributed by atoms with Crippen LogP contribution in [0.4, 0.5) is 5.00 Å². The molecule has 0 radical (unpaired) electrons. The van der Waals surface area contributed by atoms with Gasteiger partial charge in [-0.2, -0.15) is 5.26 Å². The minimum Gasteiger partial charge on any atom is -0.452 e. The van der Waals surface area contributed by atoms with E-state index in [1.807, 2.05) is 6.07 Å². The molecular formula is C16H14N2O5S2. The number of amides is 1. The van der Waals surface area contributed by atoms with E-state index in [0.29, 0.717) is 16.1 Å². The van der Waals surface area contributed by atoms with E-state index in [0.717, 1.165) is 6.26 Å². The number of hydrogen-bond acceptors (Lipinski definition) is 7. The van der Waals surface area contributed by atoms with E-state index >= 15 is 0 Å². The molecule has 130 valence electrons. The molecule has 0 aliphatic rings. The van der Waals surface area contributed by atoms with E-state index in [-0.39, 0.29) is 10.5 Å². The van der Waals surface area contributed by atoms with Gasteiger partial charge in [0.1, 0.15) is 11.1 Å². The number of nitrogens with zero attached hydrogens (tertiary/aromatic N) is 1. The summed E-state index contributed by atoms with van der Waals surface area (Å²) >= 11 is 1.18. The molecule has 0 saturated heterocycles. The molecule has 9 heteroatoms. The number of sulfone groups is 1. The van der Waals surface area contributed by atoms with Crippen LogP contribution in [0.1, 0.15) is 21.5 Å². The van der Waals surface area contributed by atoms with Gasteiger partial charge < -0.3 is 10.1 Å². The highest BCUT2D eigenvalue weighted by molar-refractivity contribution is 7.90. The summed E-state index contributed by atoms with van der Waals surface area (Å²) in [6.45, 7) is 1.08. The number of esters is 1. The third-order valence-corrected chi connectivity index (χ3v) is 5.17. The number of carbonyl (C=O) groups is 2. The third kappa shape index (κ3) is 4.65. The molecule has 0 aliphatic heterocycles. The molecule has 2 rings (SSSR count). The molecule has 25 heavy (non-hydrogen) atoms. The van der Waals surface area contributed by atoms with Gasteiger partial charge in [-0.1, -0.05) is 6.07 Å². The standard InChI is InChI=1S/C16H14N2O5S2/c1-10-3-4-12(25(2,21)22)7-13(10)16(20)23-9-14(19)18-15-11(8-17)5-6-24-15/h3-7H,9H2,1-2H3,(H,18,19). The van der Waals surface area contributed by atoms with Gasteiger partial charge in [-0.25, -0.2) is 13.2 Å². The van der Waals surface area contributed by atoms with Crippen molar-refractivity contribution in [3.63, 3.8) is 0 Å². The number of ether oxygens (including phenoxy) is 1. The first-order valence-corrected chi connectivity index (χ1v) is 9.74. The summed E-state index contributed by atoms with van der Waals surface area (Å²) in [5.41, 5.74) is 0.925. The zero-order valence-corrected chi connectivity index (χ0v) is 15.0. The summed E-state index contributed by atoms with van der Waals surface area (Å²) in [5.74, 6) is -1.39. The first-order chi connectivity index (χ1) is 11.7. The van der Waals surface area contributed by atoms with E-state index in [4.69, 9.17) is 10.00 Å². The first-order valence-electron chi connectivity index (χ1n) is 6.97. The smallest absolute Gasteiger partial charge is 0.338 e. The third-order valence-electron chi connectivity index (χ3n) is 3.23. The Bertz CT molecular complexity index is 971. The fraction of sp³-hybridized carbons (Fsp3) is 0.188. The lowest BCUT2D eigenvalue weighted by Gasteiger charge is -2.09. The maximum Gasteiger partial charge on any atom is 0.338 e. The van der Waals surface area contributed by atoms with Crippen LogP contribution < -0.4 is 5.32 Å². The number of hydrogen-bond donors (Lipinski definition) is 1. The van der Waals surface area contributed by atoms with Crippen LogP contribution in [0.2, 0.25) is 0 Å². The highest BCUT2D eigenvalue weighted by Crippen LogP contribution is 2.22. The van der Waals surface area contributed by atoms with Gasteiger partial charge in [0.15, 0.2) is 16.4 Å². The SMILES string of the molecule is Cc1ccc(S(C)(=O)=O)cc1C(=O)OCC(=O)Nc1sccc1C#N. The molecule has 1 aromatic carbocycles. The molecular weight excluding hydrogens is 364 g/mol. The van der Waals surface area contributed by atoms with Gasteiger partial charge >= 0.3 is 5.97 Å². The molecule has 2 aromatic rings. The molecule has 0 spiro atoms. The van der Waals surface area contributed by atoms with Crippen molar-refractivity contribution in [3.05, 3.63) is 46.3 Å². The summed E-state index contributed by atoms with van der Waals surface area (Å²) < 4.78 is 28.1. The molecule has 0 saturated carbocycles. The highest BCUT2D eigenvalue weighted by Gasteiger charge is 2.17. The van der Waals surface area contributed by atoms with E-state index in [1.54, 1.807) is 18.4 Å². The van der Waals surface area contributed by atoms with Crippen LogP contribution in [0.5, 0.6) is 0 Å². The largest absolute Gasteiger partial charge is 0.452 e. The monoisotopic (exact) mass is 378 g/mol. The second-order valence-corrected chi connectivity index (χ2v) is 8.08. The van der Waals surface area contributed by atoms with Crippen LogP contribution in [-0.4, -0.2) is 33.2 Å². The maximum atomic E-state index is 12.1. The fourth-order valence-electron chi connectivity index (χ4n) is 1.92. The number of rotatable bonds is 5. The van der Waals surface area contributed by atoms with Gasteiger partial charge in [-0.3, -0.25) is 4.79 Å². The molecule has 0 atom stereocenters. The number of nitrogens with one attached hydrogen (secondary N) is 1. The quantitative estimate of drug-likeness (QED) is 0.797. The van der Waals surface area contributed by atoms with Crippen molar-refractivity contribution in [3.8, 4) is 6.07 Å². The van der Waals surface area contributed by atoms with Crippen molar-refractivity contribution in [2.45, 2.75) is 11.8 Å². The van der Waals surface area contributed by atoms with Crippen molar-refractivity contribution in [1.82, 2.24) is 0 Å². The molecule has 0 unspecified atom stereocenters. The molecule has 1 N–H and O–H groups in total. The number of benzene rings is 1. The van der Waals surface area contributed by atoms with E-state index in [1.165, 1.54) is 29.5 Å². The van der Waals surface area contributed by atoms with E-state index in [2.05, 4.69) is 5.32 Å². The van der Waals surface area contributed by atoms with Crippen LogP contribution in [-0.2, 0) is 19.4 Å². The molecule has 0 bridgehead atoms. The normalized spacial score (nSPS) is 10.8. The van der Waals surface area contributed by atoms with Gasteiger partial charge in [-0.05, 0) is 36.1 Å². The van der Waals surface area contributed by atoms with Gasteiger partial charge in [0.05, 0.1) is 16.0 Å². The van der Waals surface area contributed by atoms with Crippen LogP contribution in [0.25, 0.3) is 0 Å². The van der Waals surface area contributed by atoms with Gasteiger partial charge in [0.2, 0.25) is 0 Å². The Kier molecular flexibility index (Phi) is 5.56. The lowest BCUT2D eigenvalue weighted by Crippen LogP contribution is -2.21. The summed E-state index contributed by atoms with van der Waals surface area (Å²) in [6.07, 6.45) is 1.04. The second-order valence-electron chi connectivity index (χ2n) is 5.15. The van der Waals surface area contributed by atoms with Crippen molar-refractivity contribution >= 4 is 38.1 Å². The van der Waals surface area contributed by atoms with Gasteiger partial charge in [0, 0.05) is 6.26 Å². The molecule has 1 heterocycles. The summed E-state index contributed by atoms with van der Waals surface area (Å²) in [5, 5.41) is 13.4. The molecule has 1 amide bonds. The number of anilines is 1. The Balaban J connectivity index is 2.05. The Morgan fingerprint density at radius 2 is 2.04 bits per heavy atom. The number of carbonyl (C=O) groups excluding carboxylic acids is 2. The number of thiophene rings is 1. The predicted octanol–water partition coefficient (Wildman–Crippen LogP) is 2.13. The lowest BCUT2D eigenvalue weighted by molar-refractivity contribution is -0.119. The maximum absolute atomic E-state index is 12.1. The molecule has 7 nitrogen and oxygen atoms in total. The summed E-state index contributed by atoms with van der Waals surface area (Å²) in [6, 6.07) is 7.61. The van der Waals surface area contributed by atoms with Crippen molar-refractivity contribution in [2.75, 3.05) is 18.2 Å². The van der Waals surface area contributed by atoms with Crippen molar-refractivity contribution in [2.24, 2.45) is 0 Å². The van der Waals surface area contributed by atoms with E-state index < -0.39 is 28.3 Å². The van der Waals surface area contributed by atoms with Crippen LogP contribution >= 0.6 is 11.3 Å². The fourth-order valence-corrected chi connectivity index (χ4v) is 3.32. The summed E-state index contributed by atoms with van der Waals surface area (Å²) in [7, 11) is -3.47. The average molecular weight is 378 g/mol. The highest BCUT2D eigenvalue weighted by atomic mass is 32.2. The number of nitriles is 1. The minimum absolute atomic E-state index is 0.00764. The Labute approximate surface area is 148 Å². The van der Waals surface area contributed by atoms with Gasteiger partial charge in [-0.15, -0.1) is 11.3 Å². The summed E-state index contributed by atoms with van der Waals surface area (Å²) in [4.78, 5) is 24.0. The lowest BCUT2D eigenvalue weighted by atomic mass is 10.1. The van der Waals surface area contributed by atoms with Crippen molar-refractivity contribution in [1.29, 1.82) is 5.26 Å². The van der Waals surface area contributed by atoms with Crippen LogP contribution in [0.15, 0.2) is 34.5 Å². The van der Waals surface area contributed by atoms with Gasteiger partial charge in [0.25, 0.3) is 5.91 Å². The minimum atomic E-state index is -3.47.